The molecule has 0 bridgehead atoms. The van der Waals surface area contributed by atoms with E-state index in [-0.39, 0.29) is 22.1 Å². The van der Waals surface area contributed by atoms with Crippen LogP contribution in [0.25, 0.3) is 0 Å². The molecule has 1 unspecified atom stereocenters. The monoisotopic (exact) mass is 452 g/mol. The topological polar surface area (TPSA) is 98.9 Å². The molecule has 1 heterocycles. The number of methoxy groups -OCH3 is 1. The van der Waals surface area contributed by atoms with Crippen molar-refractivity contribution in [3.8, 4) is 11.5 Å². The van der Waals surface area contributed by atoms with Gasteiger partial charge in [-0.25, -0.2) is 18.4 Å². The molecule has 3 aromatic rings. The maximum atomic E-state index is 12.5. The van der Waals surface area contributed by atoms with Gasteiger partial charge < -0.3 is 14.4 Å². The lowest BCUT2D eigenvalue weighted by molar-refractivity contribution is 0.0600. The van der Waals surface area contributed by atoms with E-state index in [1.165, 1.54) is 18.7 Å². The molecule has 1 atom stereocenters. The number of nitrogens with zero attached hydrogens (tertiary/aromatic N) is 1. The van der Waals surface area contributed by atoms with E-state index in [2.05, 4.69) is 12.1 Å². The normalized spacial score (nSPS) is 16.1. The highest BCUT2D eigenvalue weighted by atomic mass is 32.2. The lowest BCUT2D eigenvalue weighted by Crippen LogP contribution is -2.23. The predicted molar refractivity (Wildman–Crippen MR) is 122 cm³/mol. The zero-order valence-electron chi connectivity index (χ0n) is 17.6. The summed E-state index contributed by atoms with van der Waals surface area (Å²) >= 11 is 0. The van der Waals surface area contributed by atoms with Crippen LogP contribution in [-0.4, -0.2) is 34.6 Å². The van der Waals surface area contributed by atoms with Crippen LogP contribution < -0.4 is 14.8 Å². The predicted octanol–water partition coefficient (Wildman–Crippen LogP) is 3.91. The molecule has 2 N–H and O–H groups in total. The number of nitrogens with two attached hydrogens (primary N) is 1. The Kier molecular flexibility index (Phi) is 6.16. The Morgan fingerprint density at radius 1 is 1.03 bits per heavy atom. The van der Waals surface area contributed by atoms with Gasteiger partial charge in [-0.05, 0) is 36.2 Å². The molecular formula is C24H24N2O5S. The molecule has 1 aliphatic rings. The number of primary sulfonamides is 1. The van der Waals surface area contributed by atoms with Gasteiger partial charge >= 0.3 is 5.97 Å². The van der Waals surface area contributed by atoms with Crippen molar-refractivity contribution in [1.82, 2.24) is 0 Å². The highest BCUT2D eigenvalue weighted by Gasteiger charge is 2.31. The molecule has 7 nitrogen and oxygen atoms in total. The van der Waals surface area contributed by atoms with E-state index < -0.39 is 16.0 Å². The zero-order valence-corrected chi connectivity index (χ0v) is 18.4. The van der Waals surface area contributed by atoms with Crippen LogP contribution in [0, 0.1) is 0 Å². The van der Waals surface area contributed by atoms with Crippen LogP contribution in [0.4, 0.5) is 5.69 Å². The van der Waals surface area contributed by atoms with E-state index in [9.17, 15) is 13.2 Å². The van der Waals surface area contributed by atoms with Gasteiger partial charge in [-0.3, -0.25) is 0 Å². The minimum atomic E-state index is -4.19. The van der Waals surface area contributed by atoms with Crippen molar-refractivity contribution in [1.29, 1.82) is 0 Å². The quantitative estimate of drug-likeness (QED) is 0.570. The second-order valence-corrected chi connectivity index (χ2v) is 9.15. The minimum Gasteiger partial charge on any atom is -0.465 e. The Hall–Kier alpha value is -3.36. The van der Waals surface area contributed by atoms with E-state index in [0.717, 1.165) is 6.42 Å². The van der Waals surface area contributed by atoms with Crippen LogP contribution in [-0.2, 0) is 14.8 Å². The van der Waals surface area contributed by atoms with Gasteiger partial charge in [-0.1, -0.05) is 48.5 Å². The number of benzene rings is 3. The molecule has 1 saturated heterocycles. The fraction of sp³-hybridized carbons (Fsp3) is 0.208. The van der Waals surface area contributed by atoms with Crippen molar-refractivity contribution in [2.75, 3.05) is 25.1 Å². The number of anilines is 1. The van der Waals surface area contributed by atoms with Gasteiger partial charge in [-0.2, -0.15) is 0 Å². The van der Waals surface area contributed by atoms with Crippen LogP contribution in [0.1, 0.15) is 28.3 Å². The fourth-order valence-corrected chi connectivity index (χ4v) is 4.65. The molecule has 0 saturated carbocycles. The number of rotatable bonds is 6. The van der Waals surface area contributed by atoms with Gasteiger partial charge in [0.2, 0.25) is 10.0 Å². The van der Waals surface area contributed by atoms with Crippen molar-refractivity contribution in [2.45, 2.75) is 17.2 Å². The number of para-hydroxylation sites is 1. The number of ether oxygens (including phenoxy) is 2. The Morgan fingerprint density at radius 3 is 2.31 bits per heavy atom. The van der Waals surface area contributed by atoms with Crippen LogP contribution in [0.2, 0.25) is 0 Å². The average Bonchev–Trinajstić information content (AvgIpc) is 3.29. The van der Waals surface area contributed by atoms with Gasteiger partial charge in [0.1, 0.15) is 10.6 Å². The van der Waals surface area contributed by atoms with Gasteiger partial charge in [-0.15, -0.1) is 0 Å². The highest BCUT2D eigenvalue weighted by molar-refractivity contribution is 7.89. The number of esters is 1. The summed E-state index contributed by atoms with van der Waals surface area (Å²) in [6, 6.07) is 21.8. The van der Waals surface area contributed by atoms with Gasteiger partial charge in [0.25, 0.3) is 0 Å². The first-order valence-electron chi connectivity index (χ1n) is 10.2. The molecule has 166 valence electrons. The second-order valence-electron chi connectivity index (χ2n) is 7.62. The molecule has 0 amide bonds. The number of carbonyl (C=O) groups excluding carboxylic acids is 1. The molecule has 0 radical (unpaired) electrons. The van der Waals surface area contributed by atoms with Gasteiger partial charge in [0.15, 0.2) is 5.75 Å². The van der Waals surface area contributed by atoms with Crippen LogP contribution in [0.15, 0.2) is 77.7 Å². The Bertz CT molecular complexity index is 1210. The number of carbonyl (C=O) groups is 1. The first-order valence-corrected chi connectivity index (χ1v) is 11.7. The average molecular weight is 453 g/mol. The Balaban J connectivity index is 1.82. The van der Waals surface area contributed by atoms with E-state index >= 15 is 0 Å². The fourth-order valence-electron chi connectivity index (χ4n) is 3.95. The first-order chi connectivity index (χ1) is 15.4. The molecule has 0 aliphatic carbocycles. The summed E-state index contributed by atoms with van der Waals surface area (Å²) in [4.78, 5) is 14.1. The third kappa shape index (κ3) is 4.61. The summed E-state index contributed by atoms with van der Waals surface area (Å²) in [6.45, 7) is 1.31. The van der Waals surface area contributed by atoms with Gasteiger partial charge in [0.05, 0.1) is 18.4 Å². The van der Waals surface area contributed by atoms with Crippen molar-refractivity contribution in [3.63, 3.8) is 0 Å². The number of hydrogen-bond donors (Lipinski definition) is 1. The van der Waals surface area contributed by atoms with Gasteiger partial charge in [0, 0.05) is 19.0 Å². The lowest BCUT2D eigenvalue weighted by Gasteiger charge is -2.24. The summed E-state index contributed by atoms with van der Waals surface area (Å²) < 4.78 is 35.8. The maximum Gasteiger partial charge on any atom is 0.337 e. The zero-order chi connectivity index (χ0) is 22.7. The standard InChI is InChI=1S/C24H24N2O5S/c1-30-24(27)19-14-21(26-13-12-18(16-26)17-8-4-2-5-9-17)23(22(15-19)32(25,28)29)31-20-10-6-3-7-11-20/h2-11,14-15,18H,12-13,16H2,1H3,(H2,25,28,29). The minimum absolute atomic E-state index is 0.0927. The van der Waals surface area contributed by atoms with Crippen LogP contribution in [0.5, 0.6) is 11.5 Å². The van der Waals surface area contributed by atoms with Crippen LogP contribution >= 0.6 is 0 Å². The molecular weight excluding hydrogens is 428 g/mol. The van der Waals surface area contributed by atoms with E-state index in [0.29, 0.717) is 24.5 Å². The summed E-state index contributed by atoms with van der Waals surface area (Å²) in [5.74, 6) is 0.171. The third-order valence-electron chi connectivity index (χ3n) is 5.53. The van der Waals surface area contributed by atoms with Crippen molar-refractivity contribution >= 4 is 21.7 Å². The summed E-state index contributed by atoms with van der Waals surface area (Å²) in [5, 5.41) is 5.53. The third-order valence-corrected chi connectivity index (χ3v) is 6.44. The molecule has 8 heteroatoms. The summed E-state index contributed by atoms with van der Waals surface area (Å²) in [7, 11) is -2.95. The molecule has 32 heavy (non-hydrogen) atoms. The summed E-state index contributed by atoms with van der Waals surface area (Å²) in [6.07, 6.45) is 0.877. The largest absolute Gasteiger partial charge is 0.465 e. The van der Waals surface area contributed by atoms with Crippen molar-refractivity contribution in [3.05, 3.63) is 83.9 Å². The SMILES string of the molecule is COC(=O)c1cc(N2CCC(c3ccccc3)C2)c(Oc2ccccc2)c(S(N)(=O)=O)c1. The highest BCUT2D eigenvalue weighted by Crippen LogP contribution is 2.42. The molecule has 3 aromatic carbocycles. The summed E-state index contributed by atoms with van der Waals surface area (Å²) in [5.41, 5.74) is 1.78. The molecule has 0 aromatic heterocycles. The first kappa shape index (κ1) is 21.9. The maximum absolute atomic E-state index is 12.5. The van der Waals surface area contributed by atoms with Crippen molar-refractivity contribution in [2.24, 2.45) is 5.14 Å². The van der Waals surface area contributed by atoms with Crippen LogP contribution in [0.3, 0.4) is 0 Å². The molecule has 1 fully saturated rings. The number of sulfonamides is 1. The second kappa shape index (κ2) is 9.02. The smallest absolute Gasteiger partial charge is 0.337 e. The lowest BCUT2D eigenvalue weighted by atomic mass is 9.99. The molecule has 1 aliphatic heterocycles. The van der Waals surface area contributed by atoms with E-state index in [1.807, 2.05) is 29.2 Å². The Labute approximate surface area is 187 Å². The van der Waals surface area contributed by atoms with E-state index in [4.69, 9.17) is 14.6 Å². The molecule has 4 rings (SSSR count). The van der Waals surface area contributed by atoms with E-state index in [1.54, 1.807) is 30.3 Å². The Morgan fingerprint density at radius 2 is 1.69 bits per heavy atom. The number of hydrogen-bond acceptors (Lipinski definition) is 6. The van der Waals surface area contributed by atoms with Crippen molar-refractivity contribution < 1.29 is 22.7 Å². The molecule has 0 spiro atoms.